The van der Waals surface area contributed by atoms with Gasteiger partial charge in [-0.05, 0) is 58.3 Å². The highest BCUT2D eigenvalue weighted by Crippen LogP contribution is 2.50. The van der Waals surface area contributed by atoms with Crippen molar-refractivity contribution in [3.63, 3.8) is 0 Å². The molecule has 1 heterocycles. The van der Waals surface area contributed by atoms with Crippen LogP contribution in [0.2, 0.25) is 6.32 Å². The highest BCUT2D eigenvalue weighted by molar-refractivity contribution is 6.45. The van der Waals surface area contributed by atoms with Gasteiger partial charge in [-0.3, -0.25) is 0 Å². The van der Waals surface area contributed by atoms with E-state index in [9.17, 15) is 5.11 Å². The molecule has 1 aliphatic carbocycles. The van der Waals surface area contributed by atoms with Crippen LogP contribution in [0.25, 0.3) is 0 Å². The molecule has 1 saturated heterocycles. The quantitative estimate of drug-likeness (QED) is 0.867. The van der Waals surface area contributed by atoms with Gasteiger partial charge in [-0.15, -0.1) is 0 Å². The van der Waals surface area contributed by atoms with Gasteiger partial charge in [0.1, 0.15) is 0 Å². The molecule has 2 atom stereocenters. The molecule has 114 valence electrons. The van der Waals surface area contributed by atoms with E-state index in [2.05, 4.69) is 27.7 Å². The lowest BCUT2D eigenvalue weighted by atomic mass is 9.58. The second-order valence-electron chi connectivity index (χ2n) is 7.45. The Labute approximate surface area is 127 Å². The standard InChI is InChI=1S/C17H25BO3/c1-15(2)16(3,4)21-18(20-15)12-14-10-11-17(14,19)13-8-6-5-7-9-13/h5-9,14,19H,10-12H2,1-4H3/t14-,17+/m1/s1. The molecule has 0 aromatic heterocycles. The third-order valence-corrected chi connectivity index (χ3v) is 5.60. The zero-order valence-electron chi connectivity index (χ0n) is 13.4. The Morgan fingerprint density at radius 2 is 1.67 bits per heavy atom. The Morgan fingerprint density at radius 1 is 1.10 bits per heavy atom. The molecule has 0 amide bonds. The van der Waals surface area contributed by atoms with Gasteiger partial charge in [-0.25, -0.2) is 0 Å². The summed E-state index contributed by atoms with van der Waals surface area (Å²) >= 11 is 0. The van der Waals surface area contributed by atoms with Crippen molar-refractivity contribution >= 4 is 7.12 Å². The van der Waals surface area contributed by atoms with E-state index in [-0.39, 0.29) is 24.2 Å². The Hall–Kier alpha value is -0.835. The van der Waals surface area contributed by atoms with Crippen LogP contribution < -0.4 is 0 Å². The molecule has 3 rings (SSSR count). The fraction of sp³-hybridized carbons (Fsp3) is 0.647. The maximum absolute atomic E-state index is 11.0. The molecule has 0 spiro atoms. The molecule has 1 N–H and O–H groups in total. The summed E-state index contributed by atoms with van der Waals surface area (Å²) in [6.45, 7) is 8.27. The fourth-order valence-electron chi connectivity index (χ4n) is 3.34. The number of hydrogen-bond donors (Lipinski definition) is 1. The molecule has 0 unspecified atom stereocenters. The molecular formula is C17H25BO3. The van der Waals surface area contributed by atoms with E-state index in [1.165, 1.54) is 0 Å². The van der Waals surface area contributed by atoms with Crippen LogP contribution in [0.3, 0.4) is 0 Å². The van der Waals surface area contributed by atoms with E-state index >= 15 is 0 Å². The van der Waals surface area contributed by atoms with Crippen LogP contribution in [-0.4, -0.2) is 23.4 Å². The highest BCUT2D eigenvalue weighted by Gasteiger charge is 2.55. The second kappa shape index (κ2) is 4.84. The summed E-state index contributed by atoms with van der Waals surface area (Å²) in [7, 11) is -0.226. The van der Waals surface area contributed by atoms with Crippen LogP contribution in [0, 0.1) is 5.92 Å². The first kappa shape index (κ1) is 15.1. The molecule has 3 nitrogen and oxygen atoms in total. The fourth-order valence-corrected chi connectivity index (χ4v) is 3.34. The monoisotopic (exact) mass is 288 g/mol. The van der Waals surface area contributed by atoms with Crippen molar-refractivity contribution in [3.05, 3.63) is 35.9 Å². The zero-order valence-corrected chi connectivity index (χ0v) is 13.4. The molecule has 0 radical (unpaired) electrons. The topological polar surface area (TPSA) is 38.7 Å². The minimum atomic E-state index is -0.717. The van der Waals surface area contributed by atoms with Crippen molar-refractivity contribution in [1.29, 1.82) is 0 Å². The van der Waals surface area contributed by atoms with Crippen LogP contribution >= 0.6 is 0 Å². The summed E-state index contributed by atoms with van der Waals surface area (Å²) in [4.78, 5) is 0. The first-order valence-electron chi connectivity index (χ1n) is 7.88. The largest absolute Gasteiger partial charge is 0.458 e. The normalized spacial score (nSPS) is 33.8. The number of benzene rings is 1. The maximum atomic E-state index is 11.0. The maximum Gasteiger partial charge on any atom is 0.458 e. The number of hydrogen-bond acceptors (Lipinski definition) is 3. The summed E-state index contributed by atoms with van der Waals surface area (Å²) in [5, 5.41) is 11.0. The van der Waals surface area contributed by atoms with E-state index < -0.39 is 5.60 Å². The van der Waals surface area contributed by atoms with E-state index in [1.807, 2.05) is 30.3 Å². The lowest BCUT2D eigenvalue weighted by Crippen LogP contribution is -2.46. The molecule has 4 heteroatoms. The minimum Gasteiger partial charge on any atom is -0.403 e. The molecule has 1 aromatic carbocycles. The summed E-state index contributed by atoms with van der Waals surface area (Å²) in [6, 6.07) is 9.97. The van der Waals surface area contributed by atoms with Gasteiger partial charge in [-0.1, -0.05) is 30.3 Å². The van der Waals surface area contributed by atoms with Crippen LogP contribution in [0.5, 0.6) is 0 Å². The van der Waals surface area contributed by atoms with Gasteiger partial charge >= 0.3 is 7.12 Å². The summed E-state index contributed by atoms with van der Waals surface area (Å²) in [5.74, 6) is 0.203. The zero-order chi connectivity index (χ0) is 15.3. The van der Waals surface area contributed by atoms with Crippen LogP contribution in [0.4, 0.5) is 0 Å². The summed E-state index contributed by atoms with van der Waals surface area (Å²) in [5.41, 5.74) is -0.304. The Balaban J connectivity index is 1.70. The van der Waals surface area contributed by atoms with E-state index in [0.29, 0.717) is 0 Å². The van der Waals surface area contributed by atoms with Gasteiger partial charge < -0.3 is 14.4 Å². The smallest absolute Gasteiger partial charge is 0.403 e. The summed E-state index contributed by atoms with van der Waals surface area (Å²) < 4.78 is 12.1. The van der Waals surface area contributed by atoms with Gasteiger partial charge in [-0.2, -0.15) is 0 Å². The SMILES string of the molecule is CC1(C)OB(C[C@H]2CC[C@]2(O)c2ccccc2)OC1(C)C. The van der Waals surface area contributed by atoms with Crippen molar-refractivity contribution in [2.45, 2.75) is 63.7 Å². The number of rotatable bonds is 3. The van der Waals surface area contributed by atoms with Crippen LogP contribution in [0.1, 0.15) is 46.1 Å². The van der Waals surface area contributed by atoms with E-state index in [4.69, 9.17) is 9.31 Å². The minimum absolute atomic E-state index is 0.203. The molecule has 1 aliphatic heterocycles. The predicted octanol–water partition coefficient (Wildman–Crippen LogP) is 3.38. The molecule has 1 saturated carbocycles. The van der Waals surface area contributed by atoms with Crippen molar-refractivity contribution in [2.75, 3.05) is 0 Å². The van der Waals surface area contributed by atoms with E-state index in [0.717, 1.165) is 24.7 Å². The third kappa shape index (κ3) is 2.43. The number of aliphatic hydroxyl groups is 1. The van der Waals surface area contributed by atoms with Crippen molar-refractivity contribution < 1.29 is 14.4 Å². The molecule has 21 heavy (non-hydrogen) atoms. The molecule has 0 bridgehead atoms. The molecule has 2 fully saturated rings. The first-order chi connectivity index (χ1) is 9.75. The summed E-state index contributed by atoms with van der Waals surface area (Å²) in [6.07, 6.45) is 2.59. The predicted molar refractivity (Wildman–Crippen MR) is 84.0 cm³/mol. The van der Waals surface area contributed by atoms with Crippen molar-refractivity contribution in [1.82, 2.24) is 0 Å². The third-order valence-electron chi connectivity index (χ3n) is 5.60. The van der Waals surface area contributed by atoms with Gasteiger partial charge in [0.25, 0.3) is 0 Å². The van der Waals surface area contributed by atoms with Gasteiger partial charge in [0.05, 0.1) is 16.8 Å². The molecular weight excluding hydrogens is 263 g/mol. The van der Waals surface area contributed by atoms with E-state index in [1.54, 1.807) is 0 Å². The first-order valence-corrected chi connectivity index (χ1v) is 7.88. The van der Waals surface area contributed by atoms with Crippen molar-refractivity contribution in [2.24, 2.45) is 5.92 Å². The average molecular weight is 288 g/mol. The second-order valence-corrected chi connectivity index (χ2v) is 7.45. The molecule has 2 aliphatic rings. The Bertz CT molecular complexity index is 498. The average Bonchev–Trinajstić information content (AvgIpc) is 2.63. The Morgan fingerprint density at radius 3 is 2.14 bits per heavy atom. The van der Waals surface area contributed by atoms with Gasteiger partial charge in [0.2, 0.25) is 0 Å². The molecule has 1 aromatic rings. The van der Waals surface area contributed by atoms with Crippen LogP contribution in [0.15, 0.2) is 30.3 Å². The highest BCUT2D eigenvalue weighted by atomic mass is 16.7. The van der Waals surface area contributed by atoms with Crippen molar-refractivity contribution in [3.8, 4) is 0 Å². The van der Waals surface area contributed by atoms with Gasteiger partial charge in [0, 0.05) is 0 Å². The lowest BCUT2D eigenvalue weighted by molar-refractivity contribution is -0.0951. The lowest BCUT2D eigenvalue weighted by Gasteiger charge is -2.46. The Kier molecular flexibility index (Phi) is 3.47. The van der Waals surface area contributed by atoms with Gasteiger partial charge in [0.15, 0.2) is 0 Å². The van der Waals surface area contributed by atoms with Crippen LogP contribution in [-0.2, 0) is 14.9 Å².